The van der Waals surface area contributed by atoms with E-state index < -0.39 is 5.41 Å². The molecule has 2 saturated heterocycles. The Labute approximate surface area is 143 Å². The average Bonchev–Trinajstić information content (AvgIpc) is 3.20. The number of nitrogens with zero attached hydrogens (tertiary/aromatic N) is 2. The summed E-state index contributed by atoms with van der Waals surface area (Å²) in [5.41, 5.74) is 0.276. The average molecular weight is 341 g/mol. The molecule has 6 nitrogen and oxygen atoms in total. The molecular formula is C16H25ClN4O2. The van der Waals surface area contributed by atoms with E-state index >= 15 is 0 Å². The Hall–Kier alpha value is -1.37. The normalized spacial score (nSPS) is 23.6. The number of hydrogen-bond acceptors (Lipinski definition) is 5. The highest BCUT2D eigenvalue weighted by molar-refractivity contribution is 5.95. The van der Waals surface area contributed by atoms with Crippen LogP contribution in [0.2, 0.25) is 0 Å². The van der Waals surface area contributed by atoms with Crippen LogP contribution in [0.15, 0.2) is 18.3 Å². The van der Waals surface area contributed by atoms with Crippen LogP contribution in [-0.2, 0) is 9.53 Å². The molecule has 128 valence electrons. The van der Waals surface area contributed by atoms with Crippen LogP contribution >= 0.6 is 12.4 Å². The van der Waals surface area contributed by atoms with E-state index in [1.165, 1.54) is 12.8 Å². The molecule has 2 N–H and O–H groups in total. The molecule has 0 spiro atoms. The minimum atomic E-state index is -0.470. The summed E-state index contributed by atoms with van der Waals surface area (Å²) < 4.78 is 5.25. The topological polar surface area (TPSA) is 66.5 Å². The number of hydrogen-bond donors (Lipinski definition) is 2. The summed E-state index contributed by atoms with van der Waals surface area (Å²) in [6, 6.07) is 3.91. The lowest BCUT2D eigenvalue weighted by Gasteiger charge is -2.26. The molecular weight excluding hydrogens is 316 g/mol. The van der Waals surface area contributed by atoms with Gasteiger partial charge in [-0.05, 0) is 37.9 Å². The number of anilines is 2. The quantitative estimate of drug-likeness (QED) is 0.853. The molecule has 0 bridgehead atoms. The fourth-order valence-electron chi connectivity index (χ4n) is 3.26. The first-order valence-corrected chi connectivity index (χ1v) is 7.96. The van der Waals surface area contributed by atoms with Crippen molar-refractivity contribution in [3.8, 4) is 0 Å². The van der Waals surface area contributed by atoms with Crippen molar-refractivity contribution in [2.75, 3.05) is 50.1 Å². The van der Waals surface area contributed by atoms with Gasteiger partial charge in [-0.2, -0.15) is 0 Å². The summed E-state index contributed by atoms with van der Waals surface area (Å²) in [5.74, 6) is 1.000. The number of amides is 1. The van der Waals surface area contributed by atoms with Crippen molar-refractivity contribution in [1.29, 1.82) is 0 Å². The van der Waals surface area contributed by atoms with Gasteiger partial charge in [0, 0.05) is 26.7 Å². The van der Waals surface area contributed by atoms with E-state index in [9.17, 15) is 4.79 Å². The van der Waals surface area contributed by atoms with Crippen molar-refractivity contribution in [2.24, 2.45) is 5.41 Å². The largest absolute Gasteiger partial charge is 0.384 e. The van der Waals surface area contributed by atoms with E-state index in [4.69, 9.17) is 4.74 Å². The monoisotopic (exact) mass is 340 g/mol. The van der Waals surface area contributed by atoms with Crippen molar-refractivity contribution in [1.82, 2.24) is 10.3 Å². The predicted octanol–water partition coefficient (Wildman–Crippen LogP) is 1.67. The van der Waals surface area contributed by atoms with Gasteiger partial charge in [0.1, 0.15) is 5.82 Å². The van der Waals surface area contributed by atoms with Gasteiger partial charge in [0.25, 0.3) is 0 Å². The lowest BCUT2D eigenvalue weighted by molar-refractivity contribution is -0.127. The standard InChI is InChI=1S/C16H24N4O2.ClH/c1-22-12-16(6-7-17-11-16)15(21)19-13-4-5-14(18-10-13)20-8-2-3-9-20;/h4-5,10,17H,2-3,6-9,11-12H2,1H3,(H,19,21);1H. The number of methoxy groups -OCH3 is 1. The van der Waals surface area contributed by atoms with Gasteiger partial charge in [-0.15, -0.1) is 12.4 Å². The van der Waals surface area contributed by atoms with Gasteiger partial charge in [-0.1, -0.05) is 0 Å². The van der Waals surface area contributed by atoms with E-state index in [2.05, 4.69) is 20.5 Å². The van der Waals surface area contributed by atoms with Crippen LogP contribution in [0.4, 0.5) is 11.5 Å². The number of ether oxygens (including phenoxy) is 1. The smallest absolute Gasteiger partial charge is 0.234 e. The zero-order valence-corrected chi connectivity index (χ0v) is 14.3. The highest BCUT2D eigenvalue weighted by Gasteiger charge is 2.41. The molecule has 23 heavy (non-hydrogen) atoms. The molecule has 1 atom stereocenters. The van der Waals surface area contributed by atoms with Crippen molar-refractivity contribution >= 4 is 29.8 Å². The third-order valence-electron chi connectivity index (χ3n) is 4.58. The third-order valence-corrected chi connectivity index (χ3v) is 4.58. The molecule has 2 fully saturated rings. The van der Waals surface area contributed by atoms with Gasteiger partial charge in [0.2, 0.25) is 5.91 Å². The van der Waals surface area contributed by atoms with Crippen molar-refractivity contribution in [3.05, 3.63) is 18.3 Å². The number of aromatic nitrogens is 1. The van der Waals surface area contributed by atoms with Gasteiger partial charge in [0.05, 0.1) is 23.9 Å². The second kappa shape index (κ2) is 7.95. The van der Waals surface area contributed by atoms with Gasteiger partial charge in [-0.25, -0.2) is 4.98 Å². The second-order valence-corrected chi connectivity index (χ2v) is 6.19. The van der Waals surface area contributed by atoms with Gasteiger partial charge >= 0.3 is 0 Å². The lowest BCUT2D eigenvalue weighted by atomic mass is 9.87. The van der Waals surface area contributed by atoms with E-state index in [1.54, 1.807) is 13.3 Å². The highest BCUT2D eigenvalue weighted by atomic mass is 35.5. The highest BCUT2D eigenvalue weighted by Crippen LogP contribution is 2.28. The molecule has 0 aromatic carbocycles. The number of nitrogens with one attached hydrogen (secondary N) is 2. The molecule has 3 rings (SSSR count). The number of rotatable bonds is 5. The molecule has 0 radical (unpaired) electrons. The Morgan fingerprint density at radius 3 is 2.78 bits per heavy atom. The molecule has 1 amide bonds. The van der Waals surface area contributed by atoms with Crippen LogP contribution in [0.5, 0.6) is 0 Å². The fourth-order valence-corrected chi connectivity index (χ4v) is 3.26. The van der Waals surface area contributed by atoms with Crippen molar-refractivity contribution < 1.29 is 9.53 Å². The maximum atomic E-state index is 12.6. The molecule has 1 unspecified atom stereocenters. The predicted molar refractivity (Wildman–Crippen MR) is 93.4 cm³/mol. The SMILES string of the molecule is COCC1(C(=O)Nc2ccc(N3CCCC3)nc2)CCNC1.Cl. The molecule has 3 heterocycles. The van der Waals surface area contributed by atoms with Crippen LogP contribution in [0.1, 0.15) is 19.3 Å². The number of pyridine rings is 1. The Morgan fingerprint density at radius 1 is 1.43 bits per heavy atom. The molecule has 0 aliphatic carbocycles. The molecule has 1 aromatic heterocycles. The van der Waals surface area contributed by atoms with Crippen LogP contribution in [-0.4, -0.2) is 50.8 Å². The summed E-state index contributed by atoms with van der Waals surface area (Å²) in [5, 5.41) is 6.24. The number of carbonyl (C=O) groups excluding carboxylic acids is 1. The van der Waals surface area contributed by atoms with Crippen LogP contribution < -0.4 is 15.5 Å². The zero-order chi connectivity index (χ0) is 15.4. The Kier molecular flexibility index (Phi) is 6.21. The van der Waals surface area contributed by atoms with Gasteiger partial charge < -0.3 is 20.3 Å². The lowest BCUT2D eigenvalue weighted by Crippen LogP contribution is -2.41. The number of halogens is 1. The first-order chi connectivity index (χ1) is 10.7. The zero-order valence-electron chi connectivity index (χ0n) is 13.5. The summed E-state index contributed by atoms with van der Waals surface area (Å²) in [6.45, 7) is 4.09. The first-order valence-electron chi connectivity index (χ1n) is 7.96. The first kappa shape index (κ1) is 18.0. The maximum absolute atomic E-state index is 12.6. The minimum absolute atomic E-state index is 0. The Balaban J connectivity index is 0.00000192. The maximum Gasteiger partial charge on any atom is 0.234 e. The summed E-state index contributed by atoms with van der Waals surface area (Å²) >= 11 is 0. The molecule has 2 aliphatic heterocycles. The van der Waals surface area contributed by atoms with E-state index in [0.717, 1.165) is 37.6 Å². The fraction of sp³-hybridized carbons (Fsp3) is 0.625. The van der Waals surface area contributed by atoms with Gasteiger partial charge in [0.15, 0.2) is 0 Å². The third kappa shape index (κ3) is 3.94. The van der Waals surface area contributed by atoms with Crippen LogP contribution in [0, 0.1) is 5.41 Å². The summed E-state index contributed by atoms with van der Waals surface area (Å²) in [6.07, 6.45) is 5.00. The number of carbonyl (C=O) groups is 1. The van der Waals surface area contributed by atoms with Crippen molar-refractivity contribution in [3.63, 3.8) is 0 Å². The van der Waals surface area contributed by atoms with E-state index in [-0.39, 0.29) is 18.3 Å². The van der Waals surface area contributed by atoms with Crippen LogP contribution in [0.3, 0.4) is 0 Å². The Bertz CT molecular complexity index is 511. The Morgan fingerprint density at radius 2 is 2.22 bits per heavy atom. The molecule has 1 aromatic rings. The minimum Gasteiger partial charge on any atom is -0.384 e. The van der Waals surface area contributed by atoms with Crippen LogP contribution in [0.25, 0.3) is 0 Å². The molecule has 2 aliphatic rings. The summed E-state index contributed by atoms with van der Waals surface area (Å²) in [4.78, 5) is 19.3. The van der Waals surface area contributed by atoms with E-state index in [0.29, 0.717) is 13.2 Å². The summed E-state index contributed by atoms with van der Waals surface area (Å²) in [7, 11) is 1.64. The molecule has 7 heteroatoms. The van der Waals surface area contributed by atoms with E-state index in [1.807, 2.05) is 12.1 Å². The molecule has 0 saturated carbocycles. The van der Waals surface area contributed by atoms with Crippen molar-refractivity contribution in [2.45, 2.75) is 19.3 Å². The second-order valence-electron chi connectivity index (χ2n) is 6.19. The van der Waals surface area contributed by atoms with Gasteiger partial charge in [-0.3, -0.25) is 4.79 Å².